The van der Waals surface area contributed by atoms with E-state index in [1.165, 1.54) is 0 Å². The van der Waals surface area contributed by atoms with Crippen LogP contribution in [-0.4, -0.2) is 10.2 Å². The van der Waals surface area contributed by atoms with Crippen LogP contribution in [0.5, 0.6) is 0 Å². The van der Waals surface area contributed by atoms with E-state index in [2.05, 4.69) is 23.4 Å². The number of fused-ring (bicyclic) bond motifs is 1. The van der Waals surface area contributed by atoms with E-state index in [1.807, 2.05) is 54.0 Å². The minimum Gasteiger partial charge on any atom is -0.383 e. The number of nitrogens with two attached hydrogens (primary N) is 1. The standard InChI is InChI=1S/C19H15N3O/c1-13(22-23)15-7-4-5-14(11-15)9-10-18-17-8-3-2-6-16(17)12-21-19(18)20/h2-8,11-12,22-23H,1H2,(H2,20,21). The summed E-state index contributed by atoms with van der Waals surface area (Å²) in [6, 6.07) is 15.3. The van der Waals surface area contributed by atoms with Gasteiger partial charge in [0.05, 0.1) is 11.3 Å². The summed E-state index contributed by atoms with van der Waals surface area (Å²) in [5.74, 6) is 6.61. The molecule has 0 atom stereocenters. The van der Waals surface area contributed by atoms with Gasteiger partial charge in [-0.1, -0.05) is 54.8 Å². The van der Waals surface area contributed by atoms with Gasteiger partial charge in [0.1, 0.15) is 5.82 Å². The molecule has 0 aliphatic heterocycles. The van der Waals surface area contributed by atoms with E-state index in [1.54, 1.807) is 6.20 Å². The third kappa shape index (κ3) is 3.00. The lowest BCUT2D eigenvalue weighted by Gasteiger charge is -2.04. The topological polar surface area (TPSA) is 71.2 Å². The highest BCUT2D eigenvalue weighted by Gasteiger charge is 2.04. The van der Waals surface area contributed by atoms with Crippen molar-refractivity contribution in [3.63, 3.8) is 0 Å². The second kappa shape index (κ2) is 6.22. The Balaban J connectivity index is 2.06. The van der Waals surface area contributed by atoms with Crippen LogP contribution in [0, 0.1) is 11.8 Å². The Bertz CT molecular complexity index is 951. The van der Waals surface area contributed by atoms with Gasteiger partial charge in [0.25, 0.3) is 0 Å². The quantitative estimate of drug-likeness (QED) is 0.502. The summed E-state index contributed by atoms with van der Waals surface area (Å²) in [6.07, 6.45) is 1.74. The van der Waals surface area contributed by atoms with Crippen LogP contribution in [-0.2, 0) is 0 Å². The van der Waals surface area contributed by atoms with Gasteiger partial charge in [0, 0.05) is 28.1 Å². The van der Waals surface area contributed by atoms with E-state index in [-0.39, 0.29) is 0 Å². The maximum atomic E-state index is 8.93. The fraction of sp³-hybridized carbons (Fsp3) is 0. The van der Waals surface area contributed by atoms with Gasteiger partial charge in [-0.3, -0.25) is 10.7 Å². The average Bonchev–Trinajstić information content (AvgIpc) is 2.60. The Morgan fingerprint density at radius 1 is 1.13 bits per heavy atom. The number of hydroxylamine groups is 1. The maximum absolute atomic E-state index is 8.93. The molecule has 1 heterocycles. The van der Waals surface area contributed by atoms with Gasteiger partial charge < -0.3 is 5.73 Å². The van der Waals surface area contributed by atoms with Crippen molar-refractivity contribution in [3.8, 4) is 11.8 Å². The van der Waals surface area contributed by atoms with Crippen molar-refractivity contribution in [2.75, 3.05) is 5.73 Å². The summed E-state index contributed by atoms with van der Waals surface area (Å²) >= 11 is 0. The van der Waals surface area contributed by atoms with Crippen LogP contribution in [0.3, 0.4) is 0 Å². The number of nitrogens with one attached hydrogen (secondary N) is 1. The minimum absolute atomic E-state index is 0.411. The lowest BCUT2D eigenvalue weighted by atomic mass is 10.1. The molecule has 0 saturated carbocycles. The van der Waals surface area contributed by atoms with Crippen molar-refractivity contribution in [2.45, 2.75) is 0 Å². The number of hydrogen-bond acceptors (Lipinski definition) is 4. The second-order valence-corrected chi connectivity index (χ2v) is 5.03. The molecule has 0 fully saturated rings. The van der Waals surface area contributed by atoms with Gasteiger partial charge in [0.2, 0.25) is 0 Å². The van der Waals surface area contributed by atoms with Gasteiger partial charge in [-0.2, -0.15) is 0 Å². The molecular weight excluding hydrogens is 286 g/mol. The molecule has 0 radical (unpaired) electrons. The van der Waals surface area contributed by atoms with Crippen molar-refractivity contribution < 1.29 is 5.21 Å². The van der Waals surface area contributed by atoms with Crippen molar-refractivity contribution in [1.29, 1.82) is 0 Å². The number of anilines is 1. The maximum Gasteiger partial charge on any atom is 0.139 e. The zero-order chi connectivity index (χ0) is 16.2. The first kappa shape index (κ1) is 14.6. The molecule has 23 heavy (non-hydrogen) atoms. The molecule has 3 rings (SSSR count). The zero-order valence-corrected chi connectivity index (χ0v) is 12.4. The highest BCUT2D eigenvalue weighted by Crippen LogP contribution is 2.21. The largest absolute Gasteiger partial charge is 0.383 e. The minimum atomic E-state index is 0.411. The lowest BCUT2D eigenvalue weighted by molar-refractivity contribution is 0.225. The zero-order valence-electron chi connectivity index (χ0n) is 12.4. The fourth-order valence-electron chi connectivity index (χ4n) is 2.29. The molecule has 0 amide bonds. The van der Waals surface area contributed by atoms with E-state index in [0.717, 1.165) is 21.9 Å². The van der Waals surface area contributed by atoms with Crippen molar-refractivity contribution in [2.24, 2.45) is 0 Å². The monoisotopic (exact) mass is 301 g/mol. The van der Waals surface area contributed by atoms with Crippen LogP contribution in [0.25, 0.3) is 16.5 Å². The molecular formula is C19H15N3O. The van der Waals surface area contributed by atoms with E-state index < -0.39 is 0 Å². The Kier molecular flexibility index (Phi) is 3.96. The summed E-state index contributed by atoms with van der Waals surface area (Å²) in [6.45, 7) is 3.72. The molecule has 4 N–H and O–H groups in total. The van der Waals surface area contributed by atoms with Crippen LogP contribution >= 0.6 is 0 Å². The van der Waals surface area contributed by atoms with E-state index >= 15 is 0 Å². The van der Waals surface area contributed by atoms with Crippen LogP contribution in [0.1, 0.15) is 16.7 Å². The summed E-state index contributed by atoms with van der Waals surface area (Å²) in [7, 11) is 0. The number of benzene rings is 2. The van der Waals surface area contributed by atoms with Crippen LogP contribution in [0.2, 0.25) is 0 Å². The van der Waals surface area contributed by atoms with E-state index in [0.29, 0.717) is 17.1 Å². The highest BCUT2D eigenvalue weighted by atomic mass is 16.5. The number of rotatable bonds is 2. The third-order valence-electron chi connectivity index (χ3n) is 3.51. The average molecular weight is 301 g/mol. The molecule has 0 aliphatic rings. The lowest BCUT2D eigenvalue weighted by Crippen LogP contribution is -2.03. The molecule has 4 nitrogen and oxygen atoms in total. The summed E-state index contributed by atoms with van der Waals surface area (Å²) in [4.78, 5) is 4.20. The van der Waals surface area contributed by atoms with Crippen molar-refractivity contribution in [3.05, 3.63) is 78.0 Å². The molecule has 112 valence electrons. The van der Waals surface area contributed by atoms with E-state index in [9.17, 15) is 0 Å². The Morgan fingerprint density at radius 3 is 2.78 bits per heavy atom. The van der Waals surface area contributed by atoms with Gasteiger partial charge >= 0.3 is 0 Å². The summed E-state index contributed by atoms with van der Waals surface area (Å²) in [5, 5.41) is 10.9. The molecule has 0 bridgehead atoms. The molecule has 0 aliphatic carbocycles. The Morgan fingerprint density at radius 2 is 1.96 bits per heavy atom. The fourth-order valence-corrected chi connectivity index (χ4v) is 2.29. The predicted molar refractivity (Wildman–Crippen MR) is 92.5 cm³/mol. The number of nitrogens with zero attached hydrogens (tertiary/aromatic N) is 1. The molecule has 0 spiro atoms. The van der Waals surface area contributed by atoms with Crippen LogP contribution < -0.4 is 11.2 Å². The molecule has 0 unspecified atom stereocenters. The van der Waals surface area contributed by atoms with E-state index in [4.69, 9.17) is 10.9 Å². The first-order valence-electron chi connectivity index (χ1n) is 7.04. The predicted octanol–water partition coefficient (Wildman–Crippen LogP) is 3.17. The molecule has 1 aromatic heterocycles. The summed E-state index contributed by atoms with van der Waals surface area (Å²) in [5.41, 5.74) is 10.7. The number of aromatic nitrogens is 1. The number of pyridine rings is 1. The molecule has 2 aromatic carbocycles. The van der Waals surface area contributed by atoms with Gasteiger partial charge in [-0.15, -0.1) is 0 Å². The van der Waals surface area contributed by atoms with Gasteiger partial charge in [-0.25, -0.2) is 4.98 Å². The Labute approximate surface area is 134 Å². The van der Waals surface area contributed by atoms with Crippen LogP contribution in [0.15, 0.2) is 61.3 Å². The van der Waals surface area contributed by atoms with Gasteiger partial charge in [0.15, 0.2) is 0 Å². The molecule has 4 heteroatoms. The third-order valence-corrected chi connectivity index (χ3v) is 3.51. The first-order valence-corrected chi connectivity index (χ1v) is 7.04. The number of nitrogen functional groups attached to an aromatic ring is 1. The SMILES string of the molecule is C=C(NO)c1cccc(C#Cc2c(N)ncc3ccccc23)c1. The smallest absolute Gasteiger partial charge is 0.139 e. The van der Waals surface area contributed by atoms with Crippen molar-refractivity contribution >= 4 is 22.3 Å². The number of hydrogen-bond donors (Lipinski definition) is 3. The Hall–Kier alpha value is -3.29. The molecule has 3 aromatic rings. The normalized spacial score (nSPS) is 9.96. The van der Waals surface area contributed by atoms with Crippen LogP contribution in [0.4, 0.5) is 5.82 Å². The molecule has 0 saturated heterocycles. The van der Waals surface area contributed by atoms with Crippen molar-refractivity contribution in [1.82, 2.24) is 10.5 Å². The summed E-state index contributed by atoms with van der Waals surface area (Å²) < 4.78 is 0. The first-order chi connectivity index (χ1) is 11.2. The highest BCUT2D eigenvalue weighted by molar-refractivity contribution is 5.90. The van der Waals surface area contributed by atoms with Gasteiger partial charge in [-0.05, 0) is 12.1 Å². The second-order valence-electron chi connectivity index (χ2n) is 5.03.